The van der Waals surface area contributed by atoms with E-state index in [1.165, 1.54) is 22.5 Å². The number of hydrogen-bond acceptors (Lipinski definition) is 3. The van der Waals surface area contributed by atoms with E-state index in [0.29, 0.717) is 19.4 Å². The molecule has 0 aliphatic carbocycles. The smallest absolute Gasteiger partial charge is 0.246 e. The standard InChI is InChI=1S/C16H22ClFN2O3S/c1-2-3-9-19-16(21)12-7-10-20(11-8-12)24(22,23)14-6-4-5-13(17)15(14)18/h4-6,12H,2-3,7-11H2,1H3,(H,19,21). The summed E-state index contributed by atoms with van der Waals surface area (Å²) < 4.78 is 40.4. The first-order valence-electron chi connectivity index (χ1n) is 8.09. The van der Waals surface area contributed by atoms with Gasteiger partial charge >= 0.3 is 0 Å². The fourth-order valence-corrected chi connectivity index (χ4v) is 4.50. The van der Waals surface area contributed by atoms with Crippen LogP contribution in [-0.2, 0) is 14.8 Å². The van der Waals surface area contributed by atoms with Crippen LogP contribution in [0, 0.1) is 11.7 Å². The van der Waals surface area contributed by atoms with Gasteiger partial charge in [0.2, 0.25) is 15.9 Å². The molecule has 1 aliphatic rings. The summed E-state index contributed by atoms with van der Waals surface area (Å²) >= 11 is 5.67. The summed E-state index contributed by atoms with van der Waals surface area (Å²) in [6, 6.07) is 3.93. The molecule has 1 fully saturated rings. The van der Waals surface area contributed by atoms with E-state index >= 15 is 0 Å². The van der Waals surface area contributed by atoms with Gasteiger partial charge in [-0.15, -0.1) is 0 Å². The van der Waals surface area contributed by atoms with E-state index < -0.39 is 20.7 Å². The van der Waals surface area contributed by atoms with Crippen LogP contribution in [0.5, 0.6) is 0 Å². The minimum absolute atomic E-state index is 0.0329. The number of hydrogen-bond donors (Lipinski definition) is 1. The van der Waals surface area contributed by atoms with Gasteiger partial charge in [0.25, 0.3) is 0 Å². The van der Waals surface area contributed by atoms with E-state index in [0.717, 1.165) is 12.8 Å². The van der Waals surface area contributed by atoms with Crippen molar-refractivity contribution in [3.63, 3.8) is 0 Å². The van der Waals surface area contributed by atoms with Gasteiger partial charge in [-0.25, -0.2) is 12.8 Å². The first-order valence-corrected chi connectivity index (χ1v) is 9.91. The minimum Gasteiger partial charge on any atom is -0.356 e. The van der Waals surface area contributed by atoms with E-state index in [4.69, 9.17) is 11.6 Å². The highest BCUT2D eigenvalue weighted by molar-refractivity contribution is 7.89. The Morgan fingerprint density at radius 2 is 2.04 bits per heavy atom. The van der Waals surface area contributed by atoms with Gasteiger partial charge in [0.1, 0.15) is 4.90 Å². The van der Waals surface area contributed by atoms with Crippen molar-refractivity contribution in [2.75, 3.05) is 19.6 Å². The van der Waals surface area contributed by atoms with Crippen LogP contribution in [0.2, 0.25) is 5.02 Å². The molecule has 1 N–H and O–H groups in total. The number of halogens is 2. The summed E-state index contributed by atoms with van der Waals surface area (Å²) in [5.41, 5.74) is 0. The summed E-state index contributed by atoms with van der Waals surface area (Å²) in [5, 5.41) is 2.65. The van der Waals surface area contributed by atoms with Crippen LogP contribution in [0.25, 0.3) is 0 Å². The molecule has 0 bridgehead atoms. The maximum absolute atomic E-state index is 14.0. The van der Waals surface area contributed by atoms with Crippen LogP contribution >= 0.6 is 11.6 Å². The molecule has 1 heterocycles. The molecule has 5 nitrogen and oxygen atoms in total. The van der Waals surface area contributed by atoms with Gasteiger partial charge in [-0.2, -0.15) is 4.31 Å². The summed E-state index contributed by atoms with van der Waals surface area (Å²) in [6.07, 6.45) is 2.79. The molecule has 0 aromatic heterocycles. The number of rotatable bonds is 6. The lowest BCUT2D eigenvalue weighted by Gasteiger charge is -2.30. The molecule has 0 saturated carbocycles. The molecule has 1 aliphatic heterocycles. The Morgan fingerprint density at radius 1 is 1.38 bits per heavy atom. The quantitative estimate of drug-likeness (QED) is 0.776. The average molecular weight is 377 g/mol. The molecule has 1 aromatic rings. The van der Waals surface area contributed by atoms with Crippen LogP contribution in [0.1, 0.15) is 32.6 Å². The Morgan fingerprint density at radius 3 is 2.67 bits per heavy atom. The highest BCUT2D eigenvalue weighted by Gasteiger charge is 2.33. The SMILES string of the molecule is CCCCNC(=O)C1CCN(S(=O)(=O)c2cccc(Cl)c2F)CC1. The molecule has 1 aromatic carbocycles. The van der Waals surface area contributed by atoms with Crippen molar-refractivity contribution in [1.29, 1.82) is 0 Å². The van der Waals surface area contributed by atoms with Crippen LogP contribution in [0.15, 0.2) is 23.1 Å². The number of carbonyl (C=O) groups excluding carboxylic acids is 1. The second-order valence-corrected chi connectivity index (χ2v) is 8.19. The number of sulfonamides is 1. The number of amides is 1. The van der Waals surface area contributed by atoms with Gasteiger partial charge in [0, 0.05) is 25.6 Å². The Kier molecular flexibility index (Phi) is 6.60. The topological polar surface area (TPSA) is 66.5 Å². The maximum Gasteiger partial charge on any atom is 0.246 e. The molecule has 134 valence electrons. The second kappa shape index (κ2) is 8.27. The zero-order valence-corrected chi connectivity index (χ0v) is 15.2. The third-order valence-electron chi connectivity index (χ3n) is 4.19. The molecule has 0 atom stereocenters. The van der Waals surface area contributed by atoms with Gasteiger partial charge in [0.15, 0.2) is 5.82 Å². The van der Waals surface area contributed by atoms with Crippen LogP contribution < -0.4 is 5.32 Å². The molecule has 1 saturated heterocycles. The van der Waals surface area contributed by atoms with E-state index in [1.807, 2.05) is 6.92 Å². The van der Waals surface area contributed by atoms with Gasteiger partial charge in [0.05, 0.1) is 5.02 Å². The molecular weight excluding hydrogens is 355 g/mol. The van der Waals surface area contributed by atoms with E-state index in [9.17, 15) is 17.6 Å². The van der Waals surface area contributed by atoms with Gasteiger partial charge in [-0.3, -0.25) is 4.79 Å². The zero-order valence-electron chi connectivity index (χ0n) is 13.6. The predicted octanol–water partition coefficient (Wildman–Crippen LogP) is 2.80. The number of unbranched alkanes of at least 4 members (excludes halogenated alkanes) is 1. The van der Waals surface area contributed by atoms with Crippen molar-refractivity contribution in [2.45, 2.75) is 37.5 Å². The normalized spacial score (nSPS) is 17.0. The molecule has 8 heteroatoms. The Hall–Kier alpha value is -1.18. The fourth-order valence-electron chi connectivity index (χ4n) is 2.71. The van der Waals surface area contributed by atoms with Gasteiger partial charge < -0.3 is 5.32 Å². The summed E-state index contributed by atoms with van der Waals surface area (Å²) in [6.45, 7) is 3.08. The highest BCUT2D eigenvalue weighted by atomic mass is 35.5. The van der Waals surface area contributed by atoms with Crippen molar-refractivity contribution < 1.29 is 17.6 Å². The van der Waals surface area contributed by atoms with Crippen LogP contribution in [0.4, 0.5) is 4.39 Å². The fraction of sp³-hybridized carbons (Fsp3) is 0.562. The Labute approximate surface area is 147 Å². The first kappa shape index (κ1) is 19.1. The average Bonchev–Trinajstić information content (AvgIpc) is 2.57. The minimum atomic E-state index is -3.94. The Balaban J connectivity index is 2.01. The molecule has 0 unspecified atom stereocenters. The number of benzene rings is 1. The monoisotopic (exact) mass is 376 g/mol. The third-order valence-corrected chi connectivity index (χ3v) is 6.40. The zero-order chi connectivity index (χ0) is 17.7. The van der Waals surface area contributed by atoms with Gasteiger partial charge in [-0.1, -0.05) is 31.0 Å². The van der Waals surface area contributed by atoms with Crippen LogP contribution in [0.3, 0.4) is 0 Å². The van der Waals surface area contributed by atoms with Crippen molar-refractivity contribution in [3.8, 4) is 0 Å². The van der Waals surface area contributed by atoms with E-state index in [1.54, 1.807) is 0 Å². The van der Waals surface area contributed by atoms with E-state index in [2.05, 4.69) is 5.32 Å². The predicted molar refractivity (Wildman–Crippen MR) is 90.8 cm³/mol. The molecule has 1 amide bonds. The third kappa shape index (κ3) is 4.26. The summed E-state index contributed by atoms with van der Waals surface area (Å²) in [5.74, 6) is -1.16. The summed E-state index contributed by atoms with van der Waals surface area (Å²) in [7, 11) is -3.94. The maximum atomic E-state index is 14.0. The van der Waals surface area contributed by atoms with Crippen molar-refractivity contribution in [1.82, 2.24) is 9.62 Å². The molecule has 0 spiro atoms. The Bertz CT molecular complexity index is 689. The summed E-state index contributed by atoms with van der Waals surface area (Å²) in [4.78, 5) is 11.6. The van der Waals surface area contributed by atoms with Crippen molar-refractivity contribution in [3.05, 3.63) is 29.0 Å². The lowest BCUT2D eigenvalue weighted by Crippen LogP contribution is -2.43. The highest BCUT2D eigenvalue weighted by Crippen LogP contribution is 2.28. The molecular formula is C16H22ClFN2O3S. The van der Waals surface area contributed by atoms with Crippen molar-refractivity contribution >= 4 is 27.5 Å². The lowest BCUT2D eigenvalue weighted by atomic mass is 9.97. The number of carbonyl (C=O) groups is 1. The van der Waals surface area contributed by atoms with Crippen LogP contribution in [-0.4, -0.2) is 38.3 Å². The van der Waals surface area contributed by atoms with Gasteiger partial charge in [-0.05, 0) is 31.4 Å². The first-order chi connectivity index (χ1) is 11.4. The second-order valence-electron chi connectivity index (χ2n) is 5.87. The lowest BCUT2D eigenvalue weighted by molar-refractivity contribution is -0.126. The molecule has 2 rings (SSSR count). The number of piperidine rings is 1. The van der Waals surface area contributed by atoms with Crippen molar-refractivity contribution in [2.24, 2.45) is 5.92 Å². The molecule has 24 heavy (non-hydrogen) atoms. The number of nitrogens with zero attached hydrogens (tertiary/aromatic N) is 1. The number of nitrogens with one attached hydrogen (secondary N) is 1. The molecule has 0 radical (unpaired) electrons. The van der Waals surface area contributed by atoms with E-state index in [-0.39, 0.29) is 29.9 Å². The largest absolute Gasteiger partial charge is 0.356 e.